The molecule has 2 heterocycles. The maximum Gasteiger partial charge on any atom is 0.339 e. The molecule has 0 radical (unpaired) electrons. The van der Waals surface area contributed by atoms with Gasteiger partial charge in [0.05, 0.1) is 25.9 Å². The molecule has 130 valence electrons. The van der Waals surface area contributed by atoms with Gasteiger partial charge in [0.2, 0.25) is 0 Å². The van der Waals surface area contributed by atoms with Crippen molar-refractivity contribution in [3.63, 3.8) is 0 Å². The molecule has 2 aliphatic rings. The zero-order valence-electron chi connectivity index (χ0n) is 14.3. The molecular weight excluding hydrogens is 300 g/mol. The predicted molar refractivity (Wildman–Crippen MR) is 83.9 cm³/mol. The van der Waals surface area contributed by atoms with Gasteiger partial charge in [-0.3, -0.25) is 9.69 Å². The van der Waals surface area contributed by atoms with Crippen molar-refractivity contribution in [3.8, 4) is 0 Å². The highest BCUT2D eigenvalue weighted by Crippen LogP contribution is 2.22. The maximum absolute atomic E-state index is 12.1. The number of esters is 1. The summed E-state index contributed by atoms with van der Waals surface area (Å²) in [7, 11) is 0. The average Bonchev–Trinajstić information content (AvgIpc) is 2.75. The van der Waals surface area contributed by atoms with E-state index in [4.69, 9.17) is 9.47 Å². The number of rotatable bonds is 4. The summed E-state index contributed by atoms with van der Waals surface area (Å²) in [5.41, 5.74) is 0.0633. The SMILES string of the molecule is CCOC(=O)C1=C(O)C(=O)N(C[C@H]2CN(C(C)(C)C)CCO2)C1. The van der Waals surface area contributed by atoms with Crippen molar-refractivity contribution >= 4 is 11.9 Å². The van der Waals surface area contributed by atoms with Gasteiger partial charge in [-0.05, 0) is 27.7 Å². The summed E-state index contributed by atoms with van der Waals surface area (Å²) in [6.07, 6.45) is -0.138. The Hall–Kier alpha value is -1.60. The van der Waals surface area contributed by atoms with Crippen LogP contribution in [-0.2, 0) is 19.1 Å². The fraction of sp³-hybridized carbons (Fsp3) is 0.750. The Kier molecular flexibility index (Phi) is 5.31. The normalized spacial score (nSPS) is 23.6. The first-order chi connectivity index (χ1) is 10.7. The predicted octanol–water partition coefficient (Wildman–Crippen LogP) is 0.703. The molecule has 7 nitrogen and oxygen atoms in total. The molecule has 0 bridgehead atoms. The molecule has 7 heteroatoms. The number of amides is 1. The van der Waals surface area contributed by atoms with Crippen LogP contribution in [0.25, 0.3) is 0 Å². The number of hydrogen-bond donors (Lipinski definition) is 1. The van der Waals surface area contributed by atoms with Crippen molar-refractivity contribution in [2.75, 3.05) is 39.4 Å². The van der Waals surface area contributed by atoms with E-state index >= 15 is 0 Å². The van der Waals surface area contributed by atoms with Gasteiger partial charge >= 0.3 is 5.97 Å². The largest absolute Gasteiger partial charge is 0.503 e. The molecule has 0 spiro atoms. The summed E-state index contributed by atoms with van der Waals surface area (Å²) in [6.45, 7) is 10.9. The van der Waals surface area contributed by atoms with E-state index in [0.29, 0.717) is 19.7 Å². The van der Waals surface area contributed by atoms with Gasteiger partial charge < -0.3 is 19.5 Å². The molecule has 0 aromatic rings. The summed E-state index contributed by atoms with van der Waals surface area (Å²) < 4.78 is 10.6. The van der Waals surface area contributed by atoms with Crippen LogP contribution in [0.15, 0.2) is 11.3 Å². The smallest absolute Gasteiger partial charge is 0.339 e. The number of morpholine rings is 1. The summed E-state index contributed by atoms with van der Waals surface area (Å²) in [5.74, 6) is -1.68. The number of carbonyl (C=O) groups excluding carboxylic acids is 2. The molecule has 1 fully saturated rings. The fourth-order valence-electron chi connectivity index (χ4n) is 2.83. The number of ether oxygens (including phenoxy) is 2. The molecule has 1 saturated heterocycles. The monoisotopic (exact) mass is 326 g/mol. The van der Waals surface area contributed by atoms with Gasteiger partial charge in [-0.15, -0.1) is 0 Å². The average molecular weight is 326 g/mol. The minimum atomic E-state index is -0.637. The highest BCUT2D eigenvalue weighted by molar-refractivity contribution is 6.05. The van der Waals surface area contributed by atoms with Gasteiger partial charge in [0.25, 0.3) is 5.91 Å². The Labute approximate surface area is 136 Å². The van der Waals surface area contributed by atoms with Crippen LogP contribution in [0.2, 0.25) is 0 Å². The van der Waals surface area contributed by atoms with Gasteiger partial charge in [-0.1, -0.05) is 0 Å². The highest BCUT2D eigenvalue weighted by Gasteiger charge is 2.37. The lowest BCUT2D eigenvalue weighted by Gasteiger charge is -2.42. The molecule has 1 N–H and O–H groups in total. The van der Waals surface area contributed by atoms with Crippen LogP contribution in [-0.4, -0.2) is 77.8 Å². The summed E-state index contributed by atoms with van der Waals surface area (Å²) in [6, 6.07) is 0. The van der Waals surface area contributed by atoms with Crippen molar-refractivity contribution < 1.29 is 24.2 Å². The van der Waals surface area contributed by atoms with Crippen LogP contribution in [0.4, 0.5) is 0 Å². The third-order valence-corrected chi connectivity index (χ3v) is 4.16. The first-order valence-corrected chi connectivity index (χ1v) is 7.99. The molecule has 0 aromatic carbocycles. The Bertz CT molecular complexity index is 509. The maximum atomic E-state index is 12.1. The lowest BCUT2D eigenvalue weighted by molar-refractivity contribution is -0.138. The van der Waals surface area contributed by atoms with E-state index in [-0.39, 0.29) is 30.4 Å². The van der Waals surface area contributed by atoms with E-state index in [1.807, 2.05) is 0 Å². The Morgan fingerprint density at radius 2 is 2.13 bits per heavy atom. The highest BCUT2D eigenvalue weighted by atomic mass is 16.5. The summed E-state index contributed by atoms with van der Waals surface area (Å²) >= 11 is 0. The molecule has 1 atom stereocenters. The van der Waals surface area contributed by atoms with Crippen molar-refractivity contribution in [1.29, 1.82) is 0 Å². The molecule has 23 heavy (non-hydrogen) atoms. The number of carbonyl (C=O) groups is 2. The van der Waals surface area contributed by atoms with Crippen LogP contribution in [0, 0.1) is 0 Å². The molecule has 0 saturated carbocycles. The molecule has 2 aliphatic heterocycles. The van der Waals surface area contributed by atoms with Crippen LogP contribution >= 0.6 is 0 Å². The lowest BCUT2D eigenvalue weighted by atomic mass is 10.0. The Balaban J connectivity index is 1.97. The lowest BCUT2D eigenvalue weighted by Crippen LogP contribution is -2.54. The van der Waals surface area contributed by atoms with Crippen molar-refractivity contribution in [1.82, 2.24) is 9.80 Å². The van der Waals surface area contributed by atoms with Crippen molar-refractivity contribution in [3.05, 3.63) is 11.3 Å². The van der Waals surface area contributed by atoms with E-state index in [1.54, 1.807) is 6.92 Å². The minimum absolute atomic E-state index is 0.0281. The number of aliphatic hydroxyl groups is 1. The molecular formula is C16H26N2O5. The second kappa shape index (κ2) is 6.88. The summed E-state index contributed by atoms with van der Waals surface area (Å²) in [5, 5.41) is 9.87. The van der Waals surface area contributed by atoms with Gasteiger partial charge in [0.15, 0.2) is 5.76 Å². The second-order valence-corrected chi connectivity index (χ2v) is 6.84. The van der Waals surface area contributed by atoms with Crippen molar-refractivity contribution in [2.24, 2.45) is 0 Å². The molecule has 0 aliphatic carbocycles. The van der Waals surface area contributed by atoms with Gasteiger partial charge in [-0.25, -0.2) is 4.79 Å². The Morgan fingerprint density at radius 3 is 2.74 bits per heavy atom. The van der Waals surface area contributed by atoms with Gasteiger partial charge in [0.1, 0.15) is 5.57 Å². The third kappa shape index (κ3) is 4.03. The number of aliphatic hydroxyl groups excluding tert-OH is 1. The molecule has 0 unspecified atom stereocenters. The van der Waals surface area contributed by atoms with E-state index in [1.165, 1.54) is 4.90 Å². The van der Waals surface area contributed by atoms with Crippen LogP contribution in [0.3, 0.4) is 0 Å². The molecule has 2 rings (SSSR count). The second-order valence-electron chi connectivity index (χ2n) is 6.84. The zero-order valence-corrected chi connectivity index (χ0v) is 14.3. The van der Waals surface area contributed by atoms with Crippen LogP contribution < -0.4 is 0 Å². The van der Waals surface area contributed by atoms with Gasteiger partial charge in [-0.2, -0.15) is 0 Å². The van der Waals surface area contributed by atoms with Gasteiger partial charge in [0, 0.05) is 25.2 Å². The van der Waals surface area contributed by atoms with E-state index in [9.17, 15) is 14.7 Å². The fourth-order valence-corrected chi connectivity index (χ4v) is 2.83. The topological polar surface area (TPSA) is 79.3 Å². The van der Waals surface area contributed by atoms with Crippen LogP contribution in [0.5, 0.6) is 0 Å². The standard InChI is InChI=1S/C16H26N2O5/c1-5-22-15(21)12-10-17(14(20)13(12)19)8-11-9-18(6-7-23-11)16(2,3)4/h11,19H,5-10H2,1-4H3/t11-/m0/s1. The van der Waals surface area contributed by atoms with E-state index < -0.39 is 17.6 Å². The van der Waals surface area contributed by atoms with Crippen molar-refractivity contribution in [2.45, 2.75) is 39.3 Å². The third-order valence-electron chi connectivity index (χ3n) is 4.16. The molecule has 1 amide bonds. The number of hydrogen-bond acceptors (Lipinski definition) is 6. The molecule has 0 aromatic heterocycles. The quantitative estimate of drug-likeness (QED) is 0.766. The minimum Gasteiger partial charge on any atom is -0.503 e. The van der Waals surface area contributed by atoms with E-state index in [0.717, 1.165) is 6.54 Å². The zero-order chi connectivity index (χ0) is 17.2. The van der Waals surface area contributed by atoms with E-state index in [2.05, 4.69) is 25.7 Å². The number of nitrogens with zero attached hydrogens (tertiary/aromatic N) is 2. The Morgan fingerprint density at radius 1 is 1.43 bits per heavy atom. The summed E-state index contributed by atoms with van der Waals surface area (Å²) in [4.78, 5) is 27.6. The van der Waals surface area contributed by atoms with Crippen LogP contribution in [0.1, 0.15) is 27.7 Å². The first-order valence-electron chi connectivity index (χ1n) is 7.99. The first kappa shape index (κ1) is 17.7.